The number of guanidine groups is 2. The van der Waals surface area contributed by atoms with E-state index in [0.717, 1.165) is 24.3 Å². The van der Waals surface area contributed by atoms with Crippen molar-refractivity contribution >= 4 is 32.2 Å². The smallest absolute Gasteiger partial charge is 0.336 e. The van der Waals surface area contributed by atoms with Crippen LogP contribution in [-0.4, -0.2) is 37.9 Å². The maximum absolute atomic E-state index is 10.4. The number of hydrogen-bond donors (Lipinski definition) is 6. The van der Waals surface area contributed by atoms with Gasteiger partial charge in [-0.2, -0.15) is 0 Å². The summed E-state index contributed by atoms with van der Waals surface area (Å²) in [4.78, 5) is -1.16. The molecule has 12 N–H and O–H groups in total. The van der Waals surface area contributed by atoms with Crippen molar-refractivity contribution in [3.8, 4) is 0 Å². The second kappa shape index (κ2) is 8.78. The van der Waals surface area contributed by atoms with Crippen molar-refractivity contribution in [1.82, 2.24) is 0 Å². The van der Waals surface area contributed by atoms with Gasteiger partial charge in [-0.15, -0.1) is 0 Å². The summed E-state index contributed by atoms with van der Waals surface area (Å²) in [5.74, 6) is -0.167. The van der Waals surface area contributed by atoms with Crippen LogP contribution >= 0.6 is 0 Å². The van der Waals surface area contributed by atoms with E-state index >= 15 is 0 Å². The Hall–Kier alpha value is -2.42. The SMILES string of the molecule is NC(N)=[NH2+].NC(N)=[NH2+].O=S(=O)([O-])c1ccc(S(=O)(=O)[O-])cc1. The van der Waals surface area contributed by atoms with Crippen LogP contribution in [0.5, 0.6) is 0 Å². The van der Waals surface area contributed by atoms with Gasteiger partial charge in [0.15, 0.2) is 0 Å². The van der Waals surface area contributed by atoms with Crippen LogP contribution in [0.3, 0.4) is 0 Å². The molecule has 22 heavy (non-hydrogen) atoms. The maximum Gasteiger partial charge on any atom is 0.336 e. The van der Waals surface area contributed by atoms with Crippen molar-refractivity contribution in [1.29, 1.82) is 0 Å². The first-order valence-electron chi connectivity index (χ1n) is 4.96. The topological polar surface area (TPSA) is 270 Å². The molecule has 0 saturated carbocycles. The molecule has 0 atom stereocenters. The molecule has 12 nitrogen and oxygen atoms in total. The molecular weight excluding hydrogens is 340 g/mol. The van der Waals surface area contributed by atoms with Gasteiger partial charge in [0, 0.05) is 0 Å². The number of nitrogens with two attached hydrogens (primary N) is 6. The zero-order chi connectivity index (χ0) is 18.1. The Morgan fingerprint density at radius 3 is 0.955 bits per heavy atom. The van der Waals surface area contributed by atoms with Crippen LogP contribution in [0.4, 0.5) is 0 Å². The van der Waals surface area contributed by atoms with Gasteiger partial charge in [-0.3, -0.25) is 33.8 Å². The molecule has 0 bridgehead atoms. The van der Waals surface area contributed by atoms with Crippen LogP contribution in [0.2, 0.25) is 0 Å². The van der Waals surface area contributed by atoms with Gasteiger partial charge in [0.05, 0.1) is 9.79 Å². The fraction of sp³-hybridized carbons (Fsp3) is 0. The molecule has 14 heteroatoms. The molecule has 126 valence electrons. The Balaban J connectivity index is 0. The van der Waals surface area contributed by atoms with E-state index in [1.54, 1.807) is 0 Å². The molecule has 0 aliphatic rings. The standard InChI is InChI=1S/C6H6O6S2.2CH5N3/c7-13(8,9)5-1-2-6(4-3-5)14(10,11)12;2*2-1(3)4/h1-4H,(H,7,8,9)(H,10,11,12);2*(H5,2,3,4). The van der Waals surface area contributed by atoms with Crippen LogP contribution in [0.25, 0.3) is 0 Å². The van der Waals surface area contributed by atoms with Gasteiger partial charge in [0.2, 0.25) is 0 Å². The molecule has 0 aliphatic carbocycles. The summed E-state index contributed by atoms with van der Waals surface area (Å²) < 4.78 is 62.5. The summed E-state index contributed by atoms with van der Waals surface area (Å²) in [6.07, 6.45) is 0. The zero-order valence-corrected chi connectivity index (χ0v) is 12.7. The second-order valence-corrected chi connectivity index (χ2v) is 6.14. The van der Waals surface area contributed by atoms with E-state index in [2.05, 4.69) is 33.8 Å². The Bertz CT molecular complexity index is 641. The molecule has 0 aromatic heterocycles. The molecule has 0 aliphatic heterocycles. The highest BCUT2D eigenvalue weighted by Crippen LogP contribution is 2.13. The normalized spacial score (nSPS) is 10.3. The lowest BCUT2D eigenvalue weighted by molar-refractivity contribution is -0.117. The third-order valence-corrected chi connectivity index (χ3v) is 3.10. The Kier molecular flexibility index (Phi) is 8.72. The lowest BCUT2D eigenvalue weighted by Crippen LogP contribution is -2.51. The van der Waals surface area contributed by atoms with Crippen molar-refractivity contribution < 1.29 is 36.8 Å². The van der Waals surface area contributed by atoms with Crippen LogP contribution < -0.4 is 33.8 Å². The van der Waals surface area contributed by atoms with Crippen LogP contribution in [0.1, 0.15) is 0 Å². The minimum absolute atomic E-state index is 0.0833. The third-order valence-electron chi connectivity index (χ3n) is 1.40. The lowest BCUT2D eigenvalue weighted by atomic mass is 10.4. The van der Waals surface area contributed by atoms with E-state index in [0.29, 0.717) is 0 Å². The molecule has 0 heterocycles. The average Bonchev–Trinajstić information content (AvgIpc) is 2.25. The zero-order valence-electron chi connectivity index (χ0n) is 11.0. The molecule has 1 aromatic carbocycles. The van der Waals surface area contributed by atoms with E-state index in [9.17, 15) is 25.9 Å². The van der Waals surface area contributed by atoms with Gasteiger partial charge in [-0.25, -0.2) is 16.8 Å². The molecule has 0 fully saturated rings. The average molecular weight is 356 g/mol. The van der Waals surface area contributed by atoms with Crippen molar-refractivity contribution in [3.63, 3.8) is 0 Å². The number of benzene rings is 1. The van der Waals surface area contributed by atoms with E-state index in [-0.39, 0.29) is 11.9 Å². The molecule has 0 spiro atoms. The fourth-order valence-corrected chi connectivity index (χ4v) is 1.71. The van der Waals surface area contributed by atoms with E-state index in [1.807, 2.05) is 0 Å². The first-order valence-corrected chi connectivity index (χ1v) is 7.78. The molecule has 0 unspecified atom stereocenters. The van der Waals surface area contributed by atoms with Gasteiger partial charge in [0.25, 0.3) is 0 Å². The summed E-state index contributed by atoms with van der Waals surface area (Å²) in [5, 5.41) is 9.17. The van der Waals surface area contributed by atoms with Crippen molar-refractivity contribution in [2.24, 2.45) is 22.9 Å². The minimum atomic E-state index is -4.61. The van der Waals surface area contributed by atoms with Crippen LogP contribution in [-0.2, 0) is 20.2 Å². The highest BCUT2D eigenvalue weighted by atomic mass is 32.2. The first-order chi connectivity index (χ1) is 9.67. The van der Waals surface area contributed by atoms with Gasteiger partial charge in [-0.05, 0) is 24.3 Å². The quantitative estimate of drug-likeness (QED) is 0.165. The molecule has 1 rings (SSSR count). The molecule has 1 aromatic rings. The number of rotatable bonds is 2. The number of hydrogen-bond acceptors (Lipinski definition) is 6. The van der Waals surface area contributed by atoms with Gasteiger partial charge in [-0.1, -0.05) is 0 Å². The Labute approximate surface area is 126 Å². The van der Waals surface area contributed by atoms with E-state index < -0.39 is 30.0 Å². The van der Waals surface area contributed by atoms with Gasteiger partial charge >= 0.3 is 11.9 Å². The fourth-order valence-electron chi connectivity index (χ4n) is 0.773. The monoisotopic (exact) mass is 356 g/mol. The summed E-state index contributed by atoms with van der Waals surface area (Å²) in [6.45, 7) is 0. The molecular formula is C8H16N6O6S2. The van der Waals surface area contributed by atoms with Crippen molar-refractivity contribution in [2.75, 3.05) is 0 Å². The molecule has 0 amide bonds. The summed E-state index contributed by atoms with van der Waals surface area (Å²) in [6, 6.07) is 3.08. The van der Waals surface area contributed by atoms with Crippen LogP contribution in [0.15, 0.2) is 34.1 Å². The summed E-state index contributed by atoms with van der Waals surface area (Å²) in [7, 11) is -9.22. The second-order valence-electron chi connectivity index (χ2n) is 3.38. The third kappa shape index (κ3) is 12.6. The van der Waals surface area contributed by atoms with Crippen LogP contribution in [0, 0.1) is 0 Å². The Morgan fingerprint density at radius 1 is 0.727 bits per heavy atom. The largest absolute Gasteiger partial charge is 0.744 e. The molecule has 0 radical (unpaired) electrons. The summed E-state index contributed by atoms with van der Waals surface area (Å²) in [5.41, 5.74) is 18.3. The van der Waals surface area contributed by atoms with Gasteiger partial charge < -0.3 is 9.11 Å². The predicted molar refractivity (Wildman–Crippen MR) is 73.0 cm³/mol. The lowest BCUT2D eigenvalue weighted by Gasteiger charge is -2.09. The van der Waals surface area contributed by atoms with E-state index in [1.165, 1.54) is 0 Å². The van der Waals surface area contributed by atoms with Crippen molar-refractivity contribution in [3.05, 3.63) is 24.3 Å². The Morgan fingerprint density at radius 2 is 0.864 bits per heavy atom. The first kappa shape index (κ1) is 21.9. The summed E-state index contributed by atoms with van der Waals surface area (Å²) >= 11 is 0. The van der Waals surface area contributed by atoms with Gasteiger partial charge in [0.1, 0.15) is 20.2 Å². The van der Waals surface area contributed by atoms with E-state index in [4.69, 9.17) is 0 Å². The molecule has 0 saturated heterocycles. The van der Waals surface area contributed by atoms with Crippen molar-refractivity contribution in [2.45, 2.75) is 9.79 Å². The highest BCUT2D eigenvalue weighted by molar-refractivity contribution is 7.86. The minimum Gasteiger partial charge on any atom is -0.744 e. The highest BCUT2D eigenvalue weighted by Gasteiger charge is 2.04. The maximum atomic E-state index is 10.4. The predicted octanol–water partition coefficient (Wildman–Crippen LogP) is -6.47.